The summed E-state index contributed by atoms with van der Waals surface area (Å²) in [6, 6.07) is 0. The maximum absolute atomic E-state index is 6.38. The SMILES string of the molecule is CC(C)c1ncc(C2(C3(N)CC3)CC2)s1. The minimum absolute atomic E-state index is 0.133. The van der Waals surface area contributed by atoms with Crippen molar-refractivity contribution in [3.63, 3.8) is 0 Å². The van der Waals surface area contributed by atoms with Crippen molar-refractivity contribution < 1.29 is 0 Å². The van der Waals surface area contributed by atoms with Crippen molar-refractivity contribution in [3.05, 3.63) is 16.1 Å². The fraction of sp³-hybridized carbons (Fsp3) is 0.750. The van der Waals surface area contributed by atoms with Crippen LogP contribution in [-0.2, 0) is 5.41 Å². The second-order valence-electron chi connectivity index (χ2n) is 5.46. The third-order valence-electron chi connectivity index (χ3n) is 3.98. The van der Waals surface area contributed by atoms with Crippen LogP contribution in [-0.4, -0.2) is 10.5 Å². The molecule has 0 aromatic carbocycles. The van der Waals surface area contributed by atoms with Crippen LogP contribution in [0.1, 0.15) is 55.3 Å². The van der Waals surface area contributed by atoms with Gasteiger partial charge in [0.1, 0.15) is 0 Å². The molecule has 2 aliphatic rings. The van der Waals surface area contributed by atoms with Crippen LogP contribution in [0.2, 0.25) is 0 Å². The Balaban J connectivity index is 1.93. The molecule has 0 aliphatic heterocycles. The summed E-state index contributed by atoms with van der Waals surface area (Å²) in [7, 11) is 0. The molecular weight excluding hydrogens is 204 g/mol. The average Bonchev–Trinajstić information content (AvgIpc) is 3.08. The maximum atomic E-state index is 6.38. The molecule has 2 N–H and O–H groups in total. The van der Waals surface area contributed by atoms with E-state index in [0.717, 1.165) is 0 Å². The highest BCUT2D eigenvalue weighted by molar-refractivity contribution is 7.11. The summed E-state index contributed by atoms with van der Waals surface area (Å²) >= 11 is 1.89. The number of thiazole rings is 1. The first-order valence-corrected chi connectivity index (χ1v) is 6.64. The Hall–Kier alpha value is -0.410. The predicted octanol–water partition coefficient (Wildman–Crippen LogP) is 2.79. The van der Waals surface area contributed by atoms with Gasteiger partial charge in [0.15, 0.2) is 0 Å². The molecule has 2 nitrogen and oxygen atoms in total. The molecule has 1 heterocycles. The number of nitrogens with zero attached hydrogens (tertiary/aromatic N) is 1. The van der Waals surface area contributed by atoms with E-state index in [-0.39, 0.29) is 5.54 Å². The molecule has 0 bridgehead atoms. The Bertz CT molecular complexity index is 386. The van der Waals surface area contributed by atoms with Crippen molar-refractivity contribution in [3.8, 4) is 0 Å². The highest BCUT2D eigenvalue weighted by Gasteiger charge is 2.64. The van der Waals surface area contributed by atoms with Gasteiger partial charge in [-0.15, -0.1) is 11.3 Å². The van der Waals surface area contributed by atoms with Gasteiger partial charge in [-0.05, 0) is 25.7 Å². The zero-order valence-corrected chi connectivity index (χ0v) is 10.2. The standard InChI is InChI=1S/C12H18N2S/c1-8(2)10-14-7-9(15-10)11(3-4-11)12(13)5-6-12/h7-8H,3-6,13H2,1-2H3. The first-order chi connectivity index (χ1) is 7.07. The summed E-state index contributed by atoms with van der Waals surface area (Å²) < 4.78 is 0. The molecule has 0 amide bonds. The molecule has 0 saturated heterocycles. The molecule has 2 saturated carbocycles. The van der Waals surface area contributed by atoms with Crippen molar-refractivity contribution in [1.29, 1.82) is 0 Å². The van der Waals surface area contributed by atoms with Crippen molar-refractivity contribution in [2.45, 2.75) is 56.4 Å². The normalized spacial score (nSPS) is 25.6. The Morgan fingerprint density at radius 3 is 2.40 bits per heavy atom. The van der Waals surface area contributed by atoms with E-state index in [4.69, 9.17) is 5.73 Å². The first kappa shape index (κ1) is 9.79. The van der Waals surface area contributed by atoms with E-state index in [2.05, 4.69) is 25.0 Å². The summed E-state index contributed by atoms with van der Waals surface area (Å²) in [5.74, 6) is 0.549. The van der Waals surface area contributed by atoms with E-state index in [9.17, 15) is 0 Å². The third kappa shape index (κ3) is 1.29. The van der Waals surface area contributed by atoms with Gasteiger partial charge in [-0.3, -0.25) is 0 Å². The number of hydrogen-bond donors (Lipinski definition) is 1. The van der Waals surface area contributed by atoms with Gasteiger partial charge >= 0.3 is 0 Å². The molecule has 2 aliphatic carbocycles. The van der Waals surface area contributed by atoms with Gasteiger partial charge in [0.25, 0.3) is 0 Å². The largest absolute Gasteiger partial charge is 0.324 e. The summed E-state index contributed by atoms with van der Waals surface area (Å²) in [5.41, 5.74) is 6.85. The highest BCUT2D eigenvalue weighted by atomic mass is 32.1. The number of nitrogens with two attached hydrogens (primary N) is 1. The topological polar surface area (TPSA) is 38.9 Å². The van der Waals surface area contributed by atoms with Gasteiger partial charge in [0.2, 0.25) is 0 Å². The first-order valence-electron chi connectivity index (χ1n) is 5.82. The fourth-order valence-electron chi connectivity index (χ4n) is 2.50. The zero-order chi connectivity index (χ0) is 10.7. The van der Waals surface area contributed by atoms with Crippen LogP contribution in [0.15, 0.2) is 6.20 Å². The average molecular weight is 222 g/mol. The Labute approximate surface area is 94.9 Å². The summed E-state index contributed by atoms with van der Waals surface area (Å²) in [6.07, 6.45) is 7.07. The number of aromatic nitrogens is 1. The smallest absolute Gasteiger partial charge is 0.0953 e. The van der Waals surface area contributed by atoms with E-state index < -0.39 is 0 Å². The maximum Gasteiger partial charge on any atom is 0.0953 e. The van der Waals surface area contributed by atoms with Crippen LogP contribution >= 0.6 is 11.3 Å². The molecule has 0 unspecified atom stereocenters. The zero-order valence-electron chi connectivity index (χ0n) is 9.42. The molecule has 0 spiro atoms. The van der Waals surface area contributed by atoms with Crippen LogP contribution in [0, 0.1) is 0 Å². The van der Waals surface area contributed by atoms with Crippen LogP contribution in [0.4, 0.5) is 0 Å². The number of rotatable bonds is 3. The Morgan fingerprint density at radius 2 is 2.00 bits per heavy atom. The minimum Gasteiger partial charge on any atom is -0.324 e. The predicted molar refractivity (Wildman–Crippen MR) is 63.3 cm³/mol. The van der Waals surface area contributed by atoms with Crippen molar-refractivity contribution in [1.82, 2.24) is 4.98 Å². The molecule has 82 valence electrons. The molecule has 3 heteroatoms. The van der Waals surface area contributed by atoms with Gasteiger partial charge in [0.05, 0.1) is 5.01 Å². The van der Waals surface area contributed by atoms with Gasteiger partial charge in [-0.2, -0.15) is 0 Å². The second-order valence-corrected chi connectivity index (χ2v) is 6.52. The van der Waals surface area contributed by atoms with E-state index in [1.807, 2.05) is 11.3 Å². The molecule has 1 aromatic rings. The molecule has 0 atom stereocenters. The lowest BCUT2D eigenvalue weighted by Gasteiger charge is -2.20. The monoisotopic (exact) mass is 222 g/mol. The van der Waals surface area contributed by atoms with Gasteiger partial charge in [0, 0.05) is 27.9 Å². The van der Waals surface area contributed by atoms with Crippen molar-refractivity contribution >= 4 is 11.3 Å². The Kier molecular flexibility index (Phi) is 1.85. The lowest BCUT2D eigenvalue weighted by Crippen LogP contribution is -2.36. The molecule has 3 rings (SSSR count). The molecular formula is C12H18N2S. The van der Waals surface area contributed by atoms with Gasteiger partial charge in [-0.1, -0.05) is 13.8 Å². The van der Waals surface area contributed by atoms with E-state index in [0.29, 0.717) is 11.3 Å². The molecule has 2 fully saturated rings. The quantitative estimate of drug-likeness (QED) is 0.854. The molecule has 15 heavy (non-hydrogen) atoms. The lowest BCUT2D eigenvalue weighted by molar-refractivity contribution is 0.510. The van der Waals surface area contributed by atoms with Crippen LogP contribution in [0.5, 0.6) is 0 Å². The van der Waals surface area contributed by atoms with Crippen molar-refractivity contribution in [2.24, 2.45) is 5.73 Å². The minimum atomic E-state index is 0.133. The fourth-order valence-corrected chi connectivity index (χ4v) is 3.78. The van der Waals surface area contributed by atoms with Crippen molar-refractivity contribution in [2.75, 3.05) is 0 Å². The summed E-state index contributed by atoms with van der Waals surface area (Å²) in [5, 5.41) is 1.26. The van der Waals surface area contributed by atoms with Gasteiger partial charge < -0.3 is 5.73 Å². The Morgan fingerprint density at radius 1 is 1.33 bits per heavy atom. The van der Waals surface area contributed by atoms with Crippen LogP contribution in [0.3, 0.4) is 0 Å². The highest BCUT2D eigenvalue weighted by Crippen LogP contribution is 2.64. The lowest BCUT2D eigenvalue weighted by atomic mass is 9.93. The summed E-state index contributed by atoms with van der Waals surface area (Å²) in [6.45, 7) is 4.41. The van der Waals surface area contributed by atoms with E-state index in [1.54, 1.807) is 0 Å². The van der Waals surface area contributed by atoms with Crippen LogP contribution < -0.4 is 5.73 Å². The molecule has 1 aromatic heterocycles. The second kappa shape index (κ2) is 2.83. The van der Waals surface area contributed by atoms with Gasteiger partial charge in [-0.25, -0.2) is 4.98 Å². The van der Waals surface area contributed by atoms with E-state index in [1.165, 1.54) is 35.6 Å². The summed E-state index contributed by atoms with van der Waals surface area (Å²) in [4.78, 5) is 5.98. The van der Waals surface area contributed by atoms with E-state index >= 15 is 0 Å². The van der Waals surface area contributed by atoms with Crippen LogP contribution in [0.25, 0.3) is 0 Å². The molecule has 0 radical (unpaired) electrons. The number of hydrogen-bond acceptors (Lipinski definition) is 3. The third-order valence-corrected chi connectivity index (χ3v) is 5.48.